The molecule has 110 valence electrons. The van der Waals surface area contributed by atoms with Gasteiger partial charge in [0.05, 0.1) is 0 Å². The van der Waals surface area contributed by atoms with Crippen molar-refractivity contribution in [1.82, 2.24) is 4.98 Å². The fourth-order valence-corrected chi connectivity index (χ4v) is 2.40. The van der Waals surface area contributed by atoms with E-state index in [1.54, 1.807) is 24.4 Å². The first-order valence-corrected chi connectivity index (χ1v) is 7.55. The standard InChI is InChI=1S/C15H17BrN4O/c1-3-20(4-2)15-12(21)9-8-11(16)14(15)19-18-13-7-5-6-10-17-13/h5-10,21H,3-4H2,1-2H3. The Balaban J connectivity index is 2.47. The molecule has 1 heterocycles. The molecule has 0 saturated heterocycles. The zero-order valence-corrected chi connectivity index (χ0v) is 13.6. The van der Waals surface area contributed by atoms with Crippen LogP contribution in [0, 0.1) is 0 Å². The number of hydrogen-bond donors (Lipinski definition) is 1. The van der Waals surface area contributed by atoms with Crippen LogP contribution >= 0.6 is 15.9 Å². The van der Waals surface area contributed by atoms with Gasteiger partial charge in [-0.15, -0.1) is 10.2 Å². The fourth-order valence-electron chi connectivity index (χ4n) is 2.01. The van der Waals surface area contributed by atoms with Gasteiger partial charge in [-0.25, -0.2) is 4.98 Å². The summed E-state index contributed by atoms with van der Waals surface area (Å²) in [6.07, 6.45) is 1.66. The van der Waals surface area contributed by atoms with Gasteiger partial charge in [-0.05, 0) is 54.0 Å². The lowest BCUT2D eigenvalue weighted by atomic mass is 10.2. The second-order valence-corrected chi connectivity index (χ2v) is 5.18. The van der Waals surface area contributed by atoms with E-state index in [1.165, 1.54) is 0 Å². The summed E-state index contributed by atoms with van der Waals surface area (Å²) >= 11 is 3.47. The fraction of sp³-hybridized carbons (Fsp3) is 0.267. The van der Waals surface area contributed by atoms with Crippen LogP contribution < -0.4 is 4.90 Å². The molecule has 2 rings (SSSR count). The number of aromatic nitrogens is 1. The van der Waals surface area contributed by atoms with E-state index in [1.807, 2.05) is 30.9 Å². The number of azo groups is 1. The van der Waals surface area contributed by atoms with E-state index in [9.17, 15) is 5.11 Å². The number of benzene rings is 1. The largest absolute Gasteiger partial charge is 0.506 e. The monoisotopic (exact) mass is 348 g/mol. The number of nitrogens with zero attached hydrogens (tertiary/aromatic N) is 4. The lowest BCUT2D eigenvalue weighted by Gasteiger charge is -2.23. The van der Waals surface area contributed by atoms with Crippen molar-refractivity contribution in [1.29, 1.82) is 0 Å². The van der Waals surface area contributed by atoms with Crippen LogP contribution in [0.3, 0.4) is 0 Å². The molecule has 0 aliphatic carbocycles. The summed E-state index contributed by atoms with van der Waals surface area (Å²) in [5.74, 6) is 0.718. The summed E-state index contributed by atoms with van der Waals surface area (Å²) in [6.45, 7) is 5.60. The Morgan fingerprint density at radius 3 is 2.52 bits per heavy atom. The summed E-state index contributed by atoms with van der Waals surface area (Å²) < 4.78 is 0.780. The predicted molar refractivity (Wildman–Crippen MR) is 87.8 cm³/mol. The molecule has 21 heavy (non-hydrogen) atoms. The van der Waals surface area contributed by atoms with E-state index < -0.39 is 0 Å². The molecule has 1 N–H and O–H groups in total. The van der Waals surface area contributed by atoms with Crippen LogP contribution in [0.1, 0.15) is 13.8 Å². The molecule has 0 aliphatic heterocycles. The quantitative estimate of drug-likeness (QED) is 0.788. The lowest BCUT2D eigenvalue weighted by molar-refractivity contribution is 0.474. The van der Waals surface area contributed by atoms with Crippen molar-refractivity contribution in [2.24, 2.45) is 10.2 Å². The number of pyridine rings is 1. The molecule has 0 atom stereocenters. The van der Waals surface area contributed by atoms with E-state index in [-0.39, 0.29) is 5.75 Å². The van der Waals surface area contributed by atoms with Gasteiger partial charge in [0.1, 0.15) is 17.1 Å². The van der Waals surface area contributed by atoms with Crippen molar-refractivity contribution in [3.63, 3.8) is 0 Å². The maximum absolute atomic E-state index is 10.2. The van der Waals surface area contributed by atoms with Gasteiger partial charge in [-0.3, -0.25) is 0 Å². The average Bonchev–Trinajstić information content (AvgIpc) is 2.52. The maximum Gasteiger partial charge on any atom is 0.174 e. The third kappa shape index (κ3) is 3.58. The molecule has 0 fully saturated rings. The third-order valence-corrected chi connectivity index (χ3v) is 3.70. The van der Waals surface area contributed by atoms with Crippen molar-refractivity contribution < 1.29 is 5.11 Å². The Hall–Kier alpha value is -1.95. The van der Waals surface area contributed by atoms with Gasteiger partial charge < -0.3 is 10.0 Å². The van der Waals surface area contributed by atoms with Gasteiger partial charge in [-0.2, -0.15) is 0 Å². The van der Waals surface area contributed by atoms with Crippen LogP contribution in [0.5, 0.6) is 5.75 Å². The van der Waals surface area contributed by atoms with Crippen LogP contribution in [0.25, 0.3) is 0 Å². The van der Waals surface area contributed by atoms with Gasteiger partial charge in [0.25, 0.3) is 0 Å². The van der Waals surface area contributed by atoms with Crippen molar-refractivity contribution in [2.45, 2.75) is 13.8 Å². The zero-order valence-electron chi connectivity index (χ0n) is 12.0. The summed E-state index contributed by atoms with van der Waals surface area (Å²) in [5, 5.41) is 18.6. The van der Waals surface area contributed by atoms with Crippen LogP contribution in [-0.2, 0) is 0 Å². The Kier molecular flexibility index (Phi) is 5.27. The first-order chi connectivity index (χ1) is 10.2. The second-order valence-electron chi connectivity index (χ2n) is 4.32. The van der Waals surface area contributed by atoms with E-state index in [2.05, 4.69) is 31.1 Å². The SMILES string of the molecule is CCN(CC)c1c(O)ccc(Br)c1N=Nc1ccccn1. The molecule has 6 heteroatoms. The summed E-state index contributed by atoms with van der Waals surface area (Å²) in [5.41, 5.74) is 1.28. The van der Waals surface area contributed by atoms with Gasteiger partial charge in [0, 0.05) is 23.8 Å². The van der Waals surface area contributed by atoms with E-state index in [0.717, 1.165) is 17.6 Å². The zero-order chi connectivity index (χ0) is 15.2. The van der Waals surface area contributed by atoms with E-state index in [4.69, 9.17) is 0 Å². The van der Waals surface area contributed by atoms with Gasteiger partial charge in [0.15, 0.2) is 5.82 Å². The molecule has 5 nitrogen and oxygen atoms in total. The smallest absolute Gasteiger partial charge is 0.174 e. The molecule has 0 bridgehead atoms. The highest BCUT2D eigenvalue weighted by Crippen LogP contribution is 2.43. The highest BCUT2D eigenvalue weighted by Gasteiger charge is 2.16. The van der Waals surface area contributed by atoms with E-state index in [0.29, 0.717) is 17.2 Å². The molecule has 2 aromatic rings. The molecule has 0 amide bonds. The van der Waals surface area contributed by atoms with Gasteiger partial charge in [-0.1, -0.05) is 6.07 Å². The van der Waals surface area contributed by atoms with Crippen LogP contribution in [0.15, 0.2) is 51.2 Å². The maximum atomic E-state index is 10.2. The highest BCUT2D eigenvalue weighted by molar-refractivity contribution is 9.10. The Bertz CT molecular complexity index is 627. The summed E-state index contributed by atoms with van der Waals surface area (Å²) in [7, 11) is 0. The molecule has 1 aromatic heterocycles. The minimum absolute atomic E-state index is 0.192. The number of hydrogen-bond acceptors (Lipinski definition) is 5. The molecule has 0 radical (unpaired) electrons. The van der Waals surface area contributed by atoms with Gasteiger partial charge in [0.2, 0.25) is 0 Å². The van der Waals surface area contributed by atoms with Crippen LogP contribution in [-0.4, -0.2) is 23.2 Å². The predicted octanol–water partition coefficient (Wildman–Crippen LogP) is 4.81. The van der Waals surface area contributed by atoms with Crippen molar-refractivity contribution >= 4 is 33.1 Å². The molecule has 0 saturated carbocycles. The topological polar surface area (TPSA) is 61.1 Å². The Morgan fingerprint density at radius 1 is 1.14 bits per heavy atom. The average molecular weight is 349 g/mol. The minimum atomic E-state index is 0.192. The molecular formula is C15H17BrN4O. The molecular weight excluding hydrogens is 332 g/mol. The lowest BCUT2D eigenvalue weighted by Crippen LogP contribution is -2.22. The molecule has 1 aromatic carbocycles. The second kappa shape index (κ2) is 7.17. The van der Waals surface area contributed by atoms with Crippen LogP contribution in [0.2, 0.25) is 0 Å². The first-order valence-electron chi connectivity index (χ1n) is 6.76. The Labute approximate surface area is 132 Å². The normalized spacial score (nSPS) is 11.0. The highest BCUT2D eigenvalue weighted by atomic mass is 79.9. The van der Waals surface area contributed by atoms with E-state index >= 15 is 0 Å². The molecule has 0 spiro atoms. The van der Waals surface area contributed by atoms with Gasteiger partial charge >= 0.3 is 0 Å². The molecule has 0 unspecified atom stereocenters. The third-order valence-electron chi connectivity index (χ3n) is 3.06. The van der Waals surface area contributed by atoms with Crippen LogP contribution in [0.4, 0.5) is 17.2 Å². The number of anilines is 1. The van der Waals surface area contributed by atoms with Crippen molar-refractivity contribution in [3.8, 4) is 5.75 Å². The van der Waals surface area contributed by atoms with Crippen molar-refractivity contribution in [2.75, 3.05) is 18.0 Å². The molecule has 0 aliphatic rings. The number of rotatable bonds is 5. The Morgan fingerprint density at radius 2 is 1.90 bits per heavy atom. The number of phenols is 1. The summed E-state index contributed by atoms with van der Waals surface area (Å²) in [4.78, 5) is 6.14. The van der Waals surface area contributed by atoms with Crippen molar-refractivity contribution in [3.05, 3.63) is 41.0 Å². The summed E-state index contributed by atoms with van der Waals surface area (Å²) in [6, 6.07) is 8.86. The number of halogens is 1. The first kappa shape index (κ1) is 15.4. The number of aromatic hydroxyl groups is 1. The minimum Gasteiger partial charge on any atom is -0.506 e. The number of phenolic OH excluding ortho intramolecular Hbond substituents is 1.